The monoisotopic (exact) mass is 382 g/mol. The number of sulfonamides is 1. The van der Waals surface area contributed by atoms with Gasteiger partial charge in [-0.25, -0.2) is 21.9 Å². The van der Waals surface area contributed by atoms with Crippen LogP contribution in [0.25, 0.3) is 0 Å². The Morgan fingerprint density at radius 2 is 1.69 bits per heavy atom. The zero-order valence-electron chi connectivity index (χ0n) is 14.7. The maximum atomic E-state index is 13.9. The van der Waals surface area contributed by atoms with Gasteiger partial charge < -0.3 is 4.90 Å². The van der Waals surface area contributed by atoms with Crippen LogP contribution in [0.1, 0.15) is 18.1 Å². The van der Waals surface area contributed by atoms with Crippen LogP contribution >= 0.6 is 0 Å². The predicted molar refractivity (Wildman–Crippen MR) is 95.5 cm³/mol. The Labute approximate surface area is 151 Å². The molecule has 0 aliphatic carbocycles. The number of benzene rings is 2. The summed E-state index contributed by atoms with van der Waals surface area (Å²) in [5, 5.41) is 0. The molecule has 1 N–H and O–H groups in total. The topological polar surface area (TPSA) is 66.5 Å². The SMILES string of the molecule is CC(=O)N(CCNS(=O)(=O)c1ccc(C)c(C)c1)c1c(F)cccc1F. The summed E-state index contributed by atoms with van der Waals surface area (Å²) in [6, 6.07) is 7.97. The lowest BCUT2D eigenvalue weighted by molar-refractivity contribution is -0.116. The van der Waals surface area contributed by atoms with E-state index in [2.05, 4.69) is 4.72 Å². The zero-order valence-corrected chi connectivity index (χ0v) is 15.5. The fourth-order valence-corrected chi connectivity index (χ4v) is 3.54. The number of hydrogen-bond donors (Lipinski definition) is 1. The number of para-hydroxylation sites is 1. The van der Waals surface area contributed by atoms with Gasteiger partial charge in [0, 0.05) is 20.0 Å². The Kier molecular flexibility index (Phi) is 6.09. The molecule has 0 unspecified atom stereocenters. The van der Waals surface area contributed by atoms with E-state index in [9.17, 15) is 22.0 Å². The first-order valence-electron chi connectivity index (χ1n) is 7.92. The summed E-state index contributed by atoms with van der Waals surface area (Å²) in [6.45, 7) is 4.42. The van der Waals surface area contributed by atoms with E-state index < -0.39 is 33.3 Å². The van der Waals surface area contributed by atoms with E-state index in [4.69, 9.17) is 0 Å². The van der Waals surface area contributed by atoms with E-state index in [1.165, 1.54) is 18.2 Å². The van der Waals surface area contributed by atoms with Gasteiger partial charge in [0.2, 0.25) is 15.9 Å². The molecule has 0 atom stereocenters. The summed E-state index contributed by atoms with van der Waals surface area (Å²) in [7, 11) is -3.80. The molecule has 0 fully saturated rings. The van der Waals surface area contributed by atoms with E-state index in [1.54, 1.807) is 13.0 Å². The van der Waals surface area contributed by atoms with Gasteiger partial charge in [0.1, 0.15) is 17.3 Å². The maximum absolute atomic E-state index is 13.9. The largest absolute Gasteiger partial charge is 0.306 e. The fraction of sp³-hybridized carbons (Fsp3) is 0.278. The third-order valence-electron chi connectivity index (χ3n) is 4.00. The summed E-state index contributed by atoms with van der Waals surface area (Å²) < 4.78 is 54.9. The Morgan fingerprint density at radius 1 is 1.08 bits per heavy atom. The first kappa shape index (κ1) is 20.0. The van der Waals surface area contributed by atoms with Crippen LogP contribution in [-0.2, 0) is 14.8 Å². The third-order valence-corrected chi connectivity index (χ3v) is 5.46. The molecule has 2 aromatic carbocycles. The van der Waals surface area contributed by atoms with Gasteiger partial charge in [-0.05, 0) is 49.2 Å². The molecule has 0 aliphatic rings. The lowest BCUT2D eigenvalue weighted by atomic mass is 10.1. The molecule has 0 spiro atoms. The highest BCUT2D eigenvalue weighted by Gasteiger charge is 2.21. The number of carbonyl (C=O) groups is 1. The van der Waals surface area contributed by atoms with Gasteiger partial charge in [0.25, 0.3) is 0 Å². The van der Waals surface area contributed by atoms with Crippen LogP contribution in [0, 0.1) is 25.5 Å². The van der Waals surface area contributed by atoms with Crippen LogP contribution in [0.4, 0.5) is 14.5 Å². The van der Waals surface area contributed by atoms with Crippen LogP contribution in [0.2, 0.25) is 0 Å². The number of halogens is 2. The molecule has 0 aliphatic heterocycles. The number of carbonyl (C=O) groups excluding carboxylic acids is 1. The average Bonchev–Trinajstić information content (AvgIpc) is 2.55. The van der Waals surface area contributed by atoms with E-state index in [0.717, 1.165) is 35.1 Å². The molecule has 0 bridgehead atoms. The fourth-order valence-electron chi connectivity index (χ4n) is 2.43. The number of nitrogens with one attached hydrogen (secondary N) is 1. The zero-order chi connectivity index (χ0) is 19.5. The number of aryl methyl sites for hydroxylation is 2. The molecule has 26 heavy (non-hydrogen) atoms. The second-order valence-electron chi connectivity index (χ2n) is 5.88. The standard InChI is InChI=1S/C18H20F2N2O3S/c1-12-7-8-15(11-13(12)2)26(24,25)21-9-10-22(14(3)23)18-16(19)5-4-6-17(18)20/h4-8,11,21H,9-10H2,1-3H3. The molecule has 5 nitrogen and oxygen atoms in total. The van der Waals surface area contributed by atoms with Crippen molar-refractivity contribution in [3.05, 3.63) is 59.2 Å². The highest BCUT2D eigenvalue weighted by Crippen LogP contribution is 2.23. The lowest BCUT2D eigenvalue weighted by Crippen LogP contribution is -2.38. The molecule has 1 amide bonds. The van der Waals surface area contributed by atoms with Crippen LogP contribution in [0.15, 0.2) is 41.3 Å². The lowest BCUT2D eigenvalue weighted by Gasteiger charge is -2.22. The quantitative estimate of drug-likeness (QED) is 0.835. The Hall–Kier alpha value is -2.32. The molecule has 2 rings (SSSR count). The summed E-state index contributed by atoms with van der Waals surface area (Å²) in [6.07, 6.45) is 0. The van der Waals surface area contributed by atoms with Gasteiger partial charge in [0.05, 0.1) is 4.90 Å². The van der Waals surface area contributed by atoms with Gasteiger partial charge in [-0.15, -0.1) is 0 Å². The minimum atomic E-state index is -3.80. The number of rotatable bonds is 6. The van der Waals surface area contributed by atoms with Crippen LogP contribution in [0.5, 0.6) is 0 Å². The maximum Gasteiger partial charge on any atom is 0.240 e. The summed E-state index contributed by atoms with van der Waals surface area (Å²) in [4.78, 5) is 12.7. The van der Waals surface area contributed by atoms with Crippen molar-refractivity contribution in [1.29, 1.82) is 0 Å². The van der Waals surface area contributed by atoms with Gasteiger partial charge in [-0.2, -0.15) is 0 Å². The molecule has 0 aromatic heterocycles. The van der Waals surface area contributed by atoms with Crippen molar-refractivity contribution < 1.29 is 22.0 Å². The number of nitrogens with zero attached hydrogens (tertiary/aromatic N) is 1. The Bertz CT molecular complexity index is 910. The van der Waals surface area contributed by atoms with Crippen molar-refractivity contribution in [3.63, 3.8) is 0 Å². The normalized spacial score (nSPS) is 11.4. The van der Waals surface area contributed by atoms with E-state index in [0.29, 0.717) is 0 Å². The number of amides is 1. The van der Waals surface area contributed by atoms with Gasteiger partial charge in [-0.3, -0.25) is 4.79 Å². The molecule has 0 radical (unpaired) electrons. The van der Waals surface area contributed by atoms with E-state index in [1.807, 2.05) is 6.92 Å². The predicted octanol–water partition coefficient (Wildman–Crippen LogP) is 2.91. The minimum absolute atomic E-state index is 0.0899. The van der Waals surface area contributed by atoms with Crippen LogP contribution < -0.4 is 9.62 Å². The van der Waals surface area contributed by atoms with Gasteiger partial charge in [-0.1, -0.05) is 12.1 Å². The van der Waals surface area contributed by atoms with Gasteiger partial charge >= 0.3 is 0 Å². The Morgan fingerprint density at radius 3 is 2.23 bits per heavy atom. The summed E-state index contributed by atoms with van der Waals surface area (Å²) in [5.74, 6) is -2.38. The molecule has 0 heterocycles. The van der Waals surface area contributed by atoms with Crippen molar-refractivity contribution in [2.75, 3.05) is 18.0 Å². The highest BCUT2D eigenvalue weighted by molar-refractivity contribution is 7.89. The van der Waals surface area contributed by atoms with Gasteiger partial charge in [0.15, 0.2) is 0 Å². The summed E-state index contributed by atoms with van der Waals surface area (Å²) in [5.41, 5.74) is 1.29. The minimum Gasteiger partial charge on any atom is -0.306 e. The second kappa shape index (κ2) is 7.92. The smallest absolute Gasteiger partial charge is 0.240 e. The Balaban J connectivity index is 2.15. The van der Waals surface area contributed by atoms with Crippen molar-refractivity contribution in [1.82, 2.24) is 4.72 Å². The first-order chi connectivity index (χ1) is 12.1. The van der Waals surface area contributed by atoms with Crippen LogP contribution in [-0.4, -0.2) is 27.4 Å². The average molecular weight is 382 g/mol. The molecular formula is C18H20F2N2O3S. The molecule has 0 saturated heterocycles. The highest BCUT2D eigenvalue weighted by atomic mass is 32.2. The molecule has 0 saturated carbocycles. The van der Waals surface area contributed by atoms with E-state index in [-0.39, 0.29) is 18.0 Å². The number of anilines is 1. The number of hydrogen-bond acceptors (Lipinski definition) is 3. The molecule has 140 valence electrons. The van der Waals surface area contributed by atoms with E-state index >= 15 is 0 Å². The summed E-state index contributed by atoms with van der Waals surface area (Å²) >= 11 is 0. The van der Waals surface area contributed by atoms with Crippen LogP contribution in [0.3, 0.4) is 0 Å². The third kappa shape index (κ3) is 4.44. The first-order valence-corrected chi connectivity index (χ1v) is 9.41. The molecular weight excluding hydrogens is 362 g/mol. The van der Waals surface area contributed by atoms with Crippen molar-refractivity contribution >= 4 is 21.6 Å². The molecule has 2 aromatic rings. The second-order valence-corrected chi connectivity index (χ2v) is 7.65. The van der Waals surface area contributed by atoms with Crippen molar-refractivity contribution in [2.45, 2.75) is 25.7 Å². The van der Waals surface area contributed by atoms with Crippen molar-refractivity contribution in [2.24, 2.45) is 0 Å². The van der Waals surface area contributed by atoms with Crippen molar-refractivity contribution in [3.8, 4) is 0 Å². The molecule has 8 heteroatoms.